The Bertz CT molecular complexity index is 460. The number of hydrogen-bond donors (Lipinski definition) is 2. The van der Waals surface area contributed by atoms with Crippen molar-refractivity contribution in [3.8, 4) is 0 Å². The van der Waals surface area contributed by atoms with Crippen molar-refractivity contribution in [2.45, 2.75) is 19.3 Å². The molecular formula is C13H18N2O2S. The number of carbonyl (C=O) groups is 2. The molecule has 0 spiro atoms. The van der Waals surface area contributed by atoms with Crippen molar-refractivity contribution in [3.63, 3.8) is 0 Å². The maximum absolute atomic E-state index is 11.5. The molecule has 98 valence electrons. The Morgan fingerprint density at radius 2 is 1.94 bits per heavy atom. The molecule has 2 amide bonds. The van der Waals surface area contributed by atoms with Gasteiger partial charge in [-0.1, -0.05) is 19.1 Å². The zero-order valence-electron chi connectivity index (χ0n) is 10.6. The van der Waals surface area contributed by atoms with Gasteiger partial charge in [0.05, 0.1) is 11.1 Å². The van der Waals surface area contributed by atoms with Gasteiger partial charge in [-0.15, -0.1) is 0 Å². The topological polar surface area (TPSA) is 86.2 Å². The smallest absolute Gasteiger partial charge is 0.249 e. The molecule has 0 aromatic heterocycles. The number of nitrogens with two attached hydrogens (primary N) is 2. The van der Waals surface area contributed by atoms with Crippen LogP contribution in [0.1, 0.15) is 45.5 Å². The highest BCUT2D eigenvalue weighted by atomic mass is 32.2. The van der Waals surface area contributed by atoms with Crippen molar-refractivity contribution in [2.24, 2.45) is 11.5 Å². The molecule has 0 saturated heterocycles. The number of benzene rings is 1. The highest BCUT2D eigenvalue weighted by Gasteiger charge is 2.20. The zero-order valence-corrected chi connectivity index (χ0v) is 11.4. The third-order valence-electron chi connectivity index (χ3n) is 2.89. The molecule has 5 heteroatoms. The van der Waals surface area contributed by atoms with E-state index < -0.39 is 11.8 Å². The van der Waals surface area contributed by atoms with Gasteiger partial charge < -0.3 is 11.5 Å². The number of carbonyl (C=O) groups excluding carboxylic acids is 2. The summed E-state index contributed by atoms with van der Waals surface area (Å²) in [4.78, 5) is 22.9. The largest absolute Gasteiger partial charge is 0.366 e. The minimum Gasteiger partial charge on any atom is -0.366 e. The van der Waals surface area contributed by atoms with Crippen molar-refractivity contribution < 1.29 is 9.59 Å². The van der Waals surface area contributed by atoms with E-state index >= 15 is 0 Å². The first kappa shape index (κ1) is 14.6. The summed E-state index contributed by atoms with van der Waals surface area (Å²) in [6.07, 6.45) is 2.95. The molecule has 4 N–H and O–H groups in total. The van der Waals surface area contributed by atoms with E-state index in [4.69, 9.17) is 11.5 Å². The van der Waals surface area contributed by atoms with Crippen LogP contribution in [-0.2, 0) is 0 Å². The van der Waals surface area contributed by atoms with E-state index in [0.29, 0.717) is 0 Å². The van der Waals surface area contributed by atoms with Crippen molar-refractivity contribution in [2.75, 3.05) is 12.0 Å². The second kappa shape index (κ2) is 6.44. The van der Waals surface area contributed by atoms with Gasteiger partial charge in [0, 0.05) is 0 Å². The molecule has 1 aromatic rings. The molecule has 0 fully saturated rings. The molecule has 0 bridgehead atoms. The predicted octanol–water partition coefficient (Wildman–Crippen LogP) is 1.74. The van der Waals surface area contributed by atoms with Gasteiger partial charge in [-0.05, 0) is 36.0 Å². The molecule has 4 nitrogen and oxygen atoms in total. The Balaban J connectivity index is 3.22. The quantitative estimate of drug-likeness (QED) is 0.822. The van der Waals surface area contributed by atoms with Crippen LogP contribution in [0.25, 0.3) is 0 Å². The molecule has 0 heterocycles. The van der Waals surface area contributed by atoms with Crippen LogP contribution in [0.3, 0.4) is 0 Å². The predicted molar refractivity (Wildman–Crippen MR) is 74.9 cm³/mol. The van der Waals surface area contributed by atoms with Crippen LogP contribution >= 0.6 is 11.8 Å². The summed E-state index contributed by atoms with van der Waals surface area (Å²) in [6.45, 7) is 2.02. The number of hydrogen-bond acceptors (Lipinski definition) is 3. The van der Waals surface area contributed by atoms with Crippen LogP contribution < -0.4 is 11.5 Å². The van der Waals surface area contributed by atoms with Crippen LogP contribution in [0.4, 0.5) is 0 Å². The average molecular weight is 266 g/mol. The minimum absolute atomic E-state index is 0.166. The Hall–Kier alpha value is -1.49. The average Bonchev–Trinajstić information content (AvgIpc) is 2.34. The first-order valence-corrected chi connectivity index (χ1v) is 7.09. The first-order valence-electron chi connectivity index (χ1n) is 5.70. The summed E-state index contributed by atoms with van der Waals surface area (Å²) in [5.74, 6) is -0.0717. The van der Waals surface area contributed by atoms with Crippen molar-refractivity contribution in [1.82, 2.24) is 0 Å². The van der Waals surface area contributed by atoms with Gasteiger partial charge in [0.15, 0.2) is 0 Å². The summed E-state index contributed by atoms with van der Waals surface area (Å²) in [5.41, 5.74) is 11.9. The molecule has 0 aliphatic heterocycles. The van der Waals surface area contributed by atoms with E-state index in [9.17, 15) is 9.59 Å². The van der Waals surface area contributed by atoms with Crippen LogP contribution in [0, 0.1) is 0 Å². The fraction of sp³-hybridized carbons (Fsp3) is 0.385. The highest BCUT2D eigenvalue weighted by molar-refractivity contribution is 7.98. The third-order valence-corrected chi connectivity index (χ3v) is 3.54. The lowest BCUT2D eigenvalue weighted by molar-refractivity contribution is 0.0966. The lowest BCUT2D eigenvalue weighted by Crippen LogP contribution is -2.23. The Kier molecular flexibility index (Phi) is 5.22. The normalized spacial score (nSPS) is 12.1. The molecule has 1 rings (SSSR count). The molecule has 1 atom stereocenters. The summed E-state index contributed by atoms with van der Waals surface area (Å²) in [6, 6.07) is 5.10. The summed E-state index contributed by atoms with van der Waals surface area (Å²) < 4.78 is 0. The molecule has 0 aliphatic rings. The Morgan fingerprint density at radius 1 is 1.28 bits per heavy atom. The van der Waals surface area contributed by atoms with Crippen LogP contribution in [0.2, 0.25) is 0 Å². The van der Waals surface area contributed by atoms with E-state index in [2.05, 4.69) is 0 Å². The first-order chi connectivity index (χ1) is 8.49. The number of rotatable bonds is 6. The molecule has 0 radical (unpaired) electrons. The van der Waals surface area contributed by atoms with E-state index in [1.165, 1.54) is 6.07 Å². The van der Waals surface area contributed by atoms with Gasteiger partial charge in [-0.3, -0.25) is 9.59 Å². The van der Waals surface area contributed by atoms with Crippen LogP contribution in [0.15, 0.2) is 18.2 Å². The number of thioether (sulfide) groups is 1. The number of primary amides is 2. The monoisotopic (exact) mass is 266 g/mol. The van der Waals surface area contributed by atoms with Crippen LogP contribution in [-0.4, -0.2) is 23.8 Å². The van der Waals surface area contributed by atoms with Crippen molar-refractivity contribution >= 4 is 23.6 Å². The molecule has 0 saturated carbocycles. The van der Waals surface area contributed by atoms with Gasteiger partial charge in [0.25, 0.3) is 0 Å². The minimum atomic E-state index is -0.622. The zero-order chi connectivity index (χ0) is 13.7. The molecule has 0 aliphatic carbocycles. The highest BCUT2D eigenvalue weighted by Crippen LogP contribution is 2.26. The van der Waals surface area contributed by atoms with E-state index in [1.54, 1.807) is 17.8 Å². The van der Waals surface area contributed by atoms with E-state index in [-0.39, 0.29) is 17.0 Å². The third kappa shape index (κ3) is 3.26. The van der Waals surface area contributed by atoms with Crippen LogP contribution in [0.5, 0.6) is 0 Å². The van der Waals surface area contributed by atoms with Gasteiger partial charge >= 0.3 is 0 Å². The molecular weight excluding hydrogens is 248 g/mol. The maximum Gasteiger partial charge on any atom is 0.249 e. The molecule has 18 heavy (non-hydrogen) atoms. The van der Waals surface area contributed by atoms with Gasteiger partial charge in [0.1, 0.15) is 0 Å². The van der Waals surface area contributed by atoms with E-state index in [0.717, 1.165) is 17.7 Å². The van der Waals surface area contributed by atoms with Gasteiger partial charge in [0.2, 0.25) is 11.8 Å². The second-order valence-corrected chi connectivity index (χ2v) is 5.17. The standard InChI is InChI=1S/C13H18N2O2S/c1-8(6-7-18-2)9-4-3-5-10(12(14)16)11(9)13(15)17/h3-5,8H,6-7H2,1-2H3,(H2,14,16)(H2,15,17). The van der Waals surface area contributed by atoms with E-state index in [1.807, 2.05) is 19.2 Å². The van der Waals surface area contributed by atoms with Gasteiger partial charge in [-0.2, -0.15) is 11.8 Å². The summed E-state index contributed by atoms with van der Waals surface area (Å²) >= 11 is 1.74. The number of amides is 2. The summed E-state index contributed by atoms with van der Waals surface area (Å²) in [7, 11) is 0. The lowest BCUT2D eigenvalue weighted by Gasteiger charge is -2.16. The van der Waals surface area contributed by atoms with Crippen molar-refractivity contribution in [3.05, 3.63) is 34.9 Å². The molecule has 1 aromatic carbocycles. The Morgan fingerprint density at radius 3 is 2.44 bits per heavy atom. The fourth-order valence-electron chi connectivity index (χ4n) is 1.91. The van der Waals surface area contributed by atoms with Gasteiger partial charge in [-0.25, -0.2) is 0 Å². The maximum atomic E-state index is 11.5. The Labute approximate surface area is 111 Å². The summed E-state index contributed by atoms with van der Waals surface area (Å²) in [5, 5.41) is 0. The lowest BCUT2D eigenvalue weighted by atomic mass is 9.90. The fourth-order valence-corrected chi connectivity index (χ4v) is 2.50. The SMILES string of the molecule is CSCCC(C)c1cccc(C(N)=O)c1C(N)=O. The molecule has 1 unspecified atom stereocenters. The van der Waals surface area contributed by atoms with Crippen molar-refractivity contribution in [1.29, 1.82) is 0 Å². The second-order valence-electron chi connectivity index (χ2n) is 4.18.